The first-order valence-corrected chi connectivity index (χ1v) is 8.28. The predicted molar refractivity (Wildman–Crippen MR) is 91.5 cm³/mol. The van der Waals surface area contributed by atoms with Gasteiger partial charge in [0.2, 0.25) is 0 Å². The maximum atomic E-state index is 3.78. The van der Waals surface area contributed by atoms with Gasteiger partial charge in [0.15, 0.2) is 0 Å². The average molecular weight is 288 g/mol. The van der Waals surface area contributed by atoms with E-state index in [9.17, 15) is 0 Å². The van der Waals surface area contributed by atoms with Gasteiger partial charge < -0.3 is 5.32 Å². The molecule has 0 saturated carbocycles. The molecular weight excluding hydrogens is 256 g/mol. The van der Waals surface area contributed by atoms with E-state index in [-0.39, 0.29) is 5.54 Å². The van der Waals surface area contributed by atoms with E-state index >= 15 is 0 Å². The van der Waals surface area contributed by atoms with Crippen LogP contribution in [0.1, 0.15) is 52.2 Å². The fraction of sp³-hybridized carbons (Fsp3) is 0.684. The van der Waals surface area contributed by atoms with E-state index in [1.807, 2.05) is 0 Å². The van der Waals surface area contributed by atoms with Crippen LogP contribution in [0.4, 0.5) is 0 Å². The third-order valence-electron chi connectivity index (χ3n) is 5.20. The van der Waals surface area contributed by atoms with Crippen molar-refractivity contribution in [2.75, 3.05) is 13.1 Å². The van der Waals surface area contributed by atoms with Crippen molar-refractivity contribution in [1.82, 2.24) is 10.2 Å². The van der Waals surface area contributed by atoms with Crippen molar-refractivity contribution in [3.63, 3.8) is 0 Å². The van der Waals surface area contributed by atoms with Crippen molar-refractivity contribution < 1.29 is 0 Å². The first-order chi connectivity index (χ1) is 9.74. The molecular formula is C19H32N2. The van der Waals surface area contributed by atoms with Crippen molar-refractivity contribution in [2.24, 2.45) is 5.41 Å². The summed E-state index contributed by atoms with van der Waals surface area (Å²) >= 11 is 0. The lowest BCUT2D eigenvalue weighted by Crippen LogP contribution is -2.65. The van der Waals surface area contributed by atoms with Crippen molar-refractivity contribution in [3.05, 3.63) is 35.4 Å². The van der Waals surface area contributed by atoms with Gasteiger partial charge in [0, 0.05) is 31.2 Å². The van der Waals surface area contributed by atoms with Gasteiger partial charge in [0.1, 0.15) is 0 Å². The highest BCUT2D eigenvalue weighted by atomic mass is 15.3. The minimum Gasteiger partial charge on any atom is -0.310 e. The second-order valence-electron chi connectivity index (χ2n) is 8.02. The van der Waals surface area contributed by atoms with Crippen LogP contribution < -0.4 is 5.32 Å². The highest BCUT2D eigenvalue weighted by molar-refractivity contribution is 5.21. The van der Waals surface area contributed by atoms with E-state index in [2.05, 4.69) is 76.0 Å². The summed E-state index contributed by atoms with van der Waals surface area (Å²) in [6, 6.07) is 9.56. The molecule has 2 rings (SSSR count). The van der Waals surface area contributed by atoms with Crippen LogP contribution in [0, 0.1) is 12.3 Å². The topological polar surface area (TPSA) is 15.3 Å². The third-order valence-corrected chi connectivity index (χ3v) is 5.20. The van der Waals surface area contributed by atoms with Gasteiger partial charge >= 0.3 is 0 Å². The minimum absolute atomic E-state index is 0.257. The SMILES string of the molecule is CCC1(C)CNC(C(C)(C)C)CN1Cc1ccc(C)cc1. The number of aryl methyl sites for hydroxylation is 1. The third kappa shape index (κ3) is 3.87. The van der Waals surface area contributed by atoms with E-state index in [1.165, 1.54) is 17.5 Å². The maximum absolute atomic E-state index is 3.78. The first-order valence-electron chi connectivity index (χ1n) is 8.28. The van der Waals surface area contributed by atoms with Crippen molar-refractivity contribution in [3.8, 4) is 0 Å². The number of nitrogens with one attached hydrogen (secondary N) is 1. The zero-order valence-corrected chi connectivity index (χ0v) is 14.7. The quantitative estimate of drug-likeness (QED) is 0.905. The molecule has 2 heteroatoms. The van der Waals surface area contributed by atoms with Gasteiger partial charge in [-0.25, -0.2) is 0 Å². The summed E-state index contributed by atoms with van der Waals surface area (Å²) in [6.07, 6.45) is 1.18. The highest BCUT2D eigenvalue weighted by Crippen LogP contribution is 2.30. The van der Waals surface area contributed by atoms with Crippen LogP contribution in [0.2, 0.25) is 0 Å². The fourth-order valence-electron chi connectivity index (χ4n) is 3.06. The molecule has 1 aliphatic rings. The number of piperazine rings is 1. The molecule has 1 saturated heterocycles. The maximum Gasteiger partial charge on any atom is 0.0307 e. The van der Waals surface area contributed by atoms with Crippen LogP contribution >= 0.6 is 0 Å². The molecule has 0 bridgehead atoms. The summed E-state index contributed by atoms with van der Waals surface area (Å²) in [5, 5.41) is 3.78. The molecule has 1 aromatic carbocycles. The summed E-state index contributed by atoms with van der Waals surface area (Å²) in [7, 11) is 0. The molecule has 0 radical (unpaired) electrons. The van der Waals surface area contributed by atoms with Gasteiger partial charge in [-0.2, -0.15) is 0 Å². The largest absolute Gasteiger partial charge is 0.310 e. The zero-order valence-electron chi connectivity index (χ0n) is 14.7. The van der Waals surface area contributed by atoms with Crippen LogP contribution in [0.5, 0.6) is 0 Å². The molecule has 2 nitrogen and oxygen atoms in total. The van der Waals surface area contributed by atoms with Gasteiger partial charge in [0.05, 0.1) is 0 Å². The summed E-state index contributed by atoms with van der Waals surface area (Å²) in [4.78, 5) is 2.68. The summed E-state index contributed by atoms with van der Waals surface area (Å²) in [5.41, 5.74) is 3.33. The molecule has 1 aromatic rings. The summed E-state index contributed by atoms with van der Waals surface area (Å²) < 4.78 is 0. The molecule has 21 heavy (non-hydrogen) atoms. The van der Waals surface area contributed by atoms with Gasteiger partial charge in [-0.05, 0) is 31.2 Å². The highest BCUT2D eigenvalue weighted by Gasteiger charge is 2.39. The molecule has 0 aromatic heterocycles. The van der Waals surface area contributed by atoms with Crippen LogP contribution in [0.3, 0.4) is 0 Å². The molecule has 0 aliphatic carbocycles. The monoisotopic (exact) mass is 288 g/mol. The lowest BCUT2D eigenvalue weighted by atomic mass is 9.81. The second kappa shape index (κ2) is 6.10. The van der Waals surface area contributed by atoms with Crippen molar-refractivity contribution in [1.29, 1.82) is 0 Å². The smallest absolute Gasteiger partial charge is 0.0307 e. The molecule has 2 atom stereocenters. The van der Waals surface area contributed by atoms with Crippen molar-refractivity contribution in [2.45, 2.75) is 66.1 Å². The average Bonchev–Trinajstić information content (AvgIpc) is 2.42. The Kier molecular flexibility index (Phi) is 4.79. The molecule has 0 spiro atoms. The molecule has 118 valence electrons. The molecule has 1 aliphatic heterocycles. The van der Waals surface area contributed by atoms with E-state index in [0.717, 1.165) is 19.6 Å². The summed E-state index contributed by atoms with van der Waals surface area (Å²) in [6.45, 7) is 17.1. The van der Waals surface area contributed by atoms with Crippen LogP contribution in [0.15, 0.2) is 24.3 Å². The Labute approximate surface area is 130 Å². The van der Waals surface area contributed by atoms with Crippen LogP contribution in [0.25, 0.3) is 0 Å². The lowest BCUT2D eigenvalue weighted by molar-refractivity contribution is 0.0157. The molecule has 2 unspecified atom stereocenters. The van der Waals surface area contributed by atoms with Gasteiger partial charge in [0.25, 0.3) is 0 Å². The Morgan fingerprint density at radius 3 is 2.38 bits per heavy atom. The predicted octanol–water partition coefficient (Wildman–Crippen LogP) is 3.98. The Hall–Kier alpha value is -0.860. The number of rotatable bonds is 3. The number of hydrogen-bond acceptors (Lipinski definition) is 2. The number of benzene rings is 1. The molecule has 0 amide bonds. The summed E-state index contributed by atoms with van der Waals surface area (Å²) in [5.74, 6) is 0. The normalized spacial score (nSPS) is 27.8. The fourth-order valence-corrected chi connectivity index (χ4v) is 3.06. The van der Waals surface area contributed by atoms with Gasteiger partial charge in [-0.15, -0.1) is 0 Å². The Morgan fingerprint density at radius 1 is 1.24 bits per heavy atom. The lowest BCUT2D eigenvalue weighted by Gasteiger charge is -2.51. The van der Waals surface area contributed by atoms with Crippen molar-refractivity contribution >= 4 is 0 Å². The Morgan fingerprint density at radius 2 is 1.86 bits per heavy atom. The van der Waals surface area contributed by atoms with Crippen LogP contribution in [-0.4, -0.2) is 29.6 Å². The molecule has 1 N–H and O–H groups in total. The Balaban J connectivity index is 2.16. The van der Waals surface area contributed by atoms with Crippen LogP contribution in [-0.2, 0) is 6.54 Å². The zero-order chi connectivity index (χ0) is 15.7. The number of nitrogens with zero attached hydrogens (tertiary/aromatic N) is 1. The standard InChI is InChI=1S/C19H32N2/c1-7-19(6)14-20-17(18(3,4)5)13-21(19)12-16-10-8-15(2)9-11-16/h8-11,17,20H,7,12-14H2,1-6H3. The second-order valence-corrected chi connectivity index (χ2v) is 8.02. The van der Waals surface area contributed by atoms with Gasteiger partial charge in [-0.1, -0.05) is 57.5 Å². The molecule has 1 fully saturated rings. The van der Waals surface area contributed by atoms with Gasteiger partial charge in [-0.3, -0.25) is 4.90 Å². The molecule has 1 heterocycles. The minimum atomic E-state index is 0.257. The van der Waals surface area contributed by atoms with E-state index in [1.54, 1.807) is 0 Å². The van der Waals surface area contributed by atoms with E-state index < -0.39 is 0 Å². The first kappa shape index (κ1) is 16.5. The van der Waals surface area contributed by atoms with E-state index in [0.29, 0.717) is 11.5 Å². The number of hydrogen-bond donors (Lipinski definition) is 1. The Bertz CT molecular complexity index is 457. The van der Waals surface area contributed by atoms with E-state index in [4.69, 9.17) is 0 Å².